The molecule has 3 nitrogen and oxygen atoms in total. The molecule has 4 N–H and O–H groups in total. The average Bonchev–Trinajstić information content (AvgIpc) is 2.99. The minimum absolute atomic E-state index is 0.377. The van der Waals surface area contributed by atoms with Gasteiger partial charge in [0.15, 0.2) is 0 Å². The number of hydrogen-bond donors (Lipinski definition) is 3. The smallest absolute Gasteiger partial charge is 0.0194 e. The first kappa shape index (κ1) is 9.44. The Morgan fingerprint density at radius 2 is 1.92 bits per heavy atom. The molecular weight excluding hydrogens is 162 g/mol. The van der Waals surface area contributed by atoms with Crippen LogP contribution in [0, 0.1) is 5.92 Å². The molecule has 1 saturated heterocycles. The lowest BCUT2D eigenvalue weighted by atomic mass is 9.91. The molecule has 1 aliphatic carbocycles. The van der Waals surface area contributed by atoms with Crippen LogP contribution >= 0.6 is 0 Å². The molecular formula is C10H21N3. The maximum atomic E-state index is 6.13. The standard InChI is InChI=1S/C10H21N3/c11-10(7-13-9-1-2-9)8-3-5-12-6-4-8/h8-10,12-13H,1-7,11H2. The van der Waals surface area contributed by atoms with Crippen molar-refractivity contribution in [3.05, 3.63) is 0 Å². The zero-order valence-corrected chi connectivity index (χ0v) is 8.26. The minimum Gasteiger partial charge on any atom is -0.326 e. The Morgan fingerprint density at radius 3 is 2.54 bits per heavy atom. The molecule has 2 rings (SSSR count). The molecule has 1 unspecified atom stereocenters. The van der Waals surface area contributed by atoms with Crippen LogP contribution in [0.15, 0.2) is 0 Å². The van der Waals surface area contributed by atoms with Gasteiger partial charge in [-0.25, -0.2) is 0 Å². The number of nitrogens with one attached hydrogen (secondary N) is 2. The highest BCUT2D eigenvalue weighted by Crippen LogP contribution is 2.20. The second-order valence-corrected chi connectivity index (χ2v) is 4.43. The van der Waals surface area contributed by atoms with Crippen molar-refractivity contribution in [2.75, 3.05) is 19.6 Å². The summed E-state index contributed by atoms with van der Waals surface area (Å²) in [6, 6.07) is 1.18. The summed E-state index contributed by atoms with van der Waals surface area (Å²) in [6.07, 6.45) is 5.24. The SMILES string of the molecule is NC(CNC1CC1)C1CCNCC1. The third kappa shape index (κ3) is 2.93. The normalized spacial score (nSPS) is 27.5. The van der Waals surface area contributed by atoms with Gasteiger partial charge in [0.1, 0.15) is 0 Å². The van der Waals surface area contributed by atoms with Crippen molar-refractivity contribution in [3.63, 3.8) is 0 Å². The van der Waals surface area contributed by atoms with Crippen LogP contribution < -0.4 is 16.4 Å². The van der Waals surface area contributed by atoms with Gasteiger partial charge in [0.2, 0.25) is 0 Å². The molecule has 76 valence electrons. The molecule has 1 aliphatic heterocycles. The van der Waals surface area contributed by atoms with Crippen molar-refractivity contribution < 1.29 is 0 Å². The van der Waals surface area contributed by atoms with Gasteiger partial charge in [0.05, 0.1) is 0 Å². The molecule has 0 bridgehead atoms. The van der Waals surface area contributed by atoms with Gasteiger partial charge in [-0.15, -0.1) is 0 Å². The fourth-order valence-electron chi connectivity index (χ4n) is 2.03. The molecule has 1 saturated carbocycles. The van der Waals surface area contributed by atoms with Gasteiger partial charge in [-0.2, -0.15) is 0 Å². The van der Waals surface area contributed by atoms with Crippen LogP contribution in [0.2, 0.25) is 0 Å². The van der Waals surface area contributed by atoms with Gasteiger partial charge in [-0.1, -0.05) is 0 Å². The quantitative estimate of drug-likeness (QED) is 0.578. The van der Waals surface area contributed by atoms with Crippen LogP contribution in [-0.2, 0) is 0 Å². The van der Waals surface area contributed by atoms with E-state index in [-0.39, 0.29) is 0 Å². The van der Waals surface area contributed by atoms with Crippen LogP contribution in [0.25, 0.3) is 0 Å². The number of nitrogens with two attached hydrogens (primary N) is 1. The lowest BCUT2D eigenvalue weighted by Gasteiger charge is -2.28. The maximum Gasteiger partial charge on any atom is 0.0194 e. The zero-order chi connectivity index (χ0) is 9.10. The molecule has 0 aromatic carbocycles. The van der Waals surface area contributed by atoms with E-state index >= 15 is 0 Å². The summed E-state index contributed by atoms with van der Waals surface area (Å²) >= 11 is 0. The summed E-state index contributed by atoms with van der Waals surface area (Å²) in [5.41, 5.74) is 6.13. The molecule has 2 fully saturated rings. The summed E-state index contributed by atoms with van der Waals surface area (Å²) in [5.74, 6) is 0.743. The number of hydrogen-bond acceptors (Lipinski definition) is 3. The summed E-state index contributed by atoms with van der Waals surface area (Å²) in [6.45, 7) is 3.33. The van der Waals surface area contributed by atoms with Crippen molar-refractivity contribution >= 4 is 0 Å². The van der Waals surface area contributed by atoms with Crippen LogP contribution in [0.3, 0.4) is 0 Å². The molecule has 0 radical (unpaired) electrons. The van der Waals surface area contributed by atoms with E-state index in [0.717, 1.165) is 31.6 Å². The fraction of sp³-hybridized carbons (Fsp3) is 1.00. The van der Waals surface area contributed by atoms with Crippen molar-refractivity contribution in [2.24, 2.45) is 11.7 Å². The van der Waals surface area contributed by atoms with E-state index < -0.39 is 0 Å². The molecule has 2 aliphatic rings. The second-order valence-electron chi connectivity index (χ2n) is 4.43. The first-order valence-electron chi connectivity index (χ1n) is 5.56. The summed E-state index contributed by atoms with van der Waals surface area (Å²) in [4.78, 5) is 0. The molecule has 0 amide bonds. The summed E-state index contributed by atoms with van der Waals surface area (Å²) < 4.78 is 0. The van der Waals surface area contributed by atoms with Crippen LogP contribution in [0.1, 0.15) is 25.7 Å². The monoisotopic (exact) mass is 183 g/mol. The van der Waals surface area contributed by atoms with Gasteiger partial charge in [0.25, 0.3) is 0 Å². The van der Waals surface area contributed by atoms with Crippen LogP contribution in [0.5, 0.6) is 0 Å². The van der Waals surface area contributed by atoms with Crippen molar-refractivity contribution in [1.29, 1.82) is 0 Å². The molecule has 0 aromatic rings. The Labute approximate surface area is 80.5 Å². The van der Waals surface area contributed by atoms with Gasteiger partial charge < -0.3 is 16.4 Å². The Morgan fingerprint density at radius 1 is 1.23 bits per heavy atom. The average molecular weight is 183 g/mol. The Bertz CT molecular complexity index is 150. The van der Waals surface area contributed by atoms with Crippen molar-refractivity contribution in [2.45, 2.75) is 37.8 Å². The van der Waals surface area contributed by atoms with Crippen molar-refractivity contribution in [3.8, 4) is 0 Å². The highest BCUT2D eigenvalue weighted by molar-refractivity contribution is 4.85. The molecule has 1 heterocycles. The maximum absolute atomic E-state index is 6.13. The van der Waals surface area contributed by atoms with E-state index in [9.17, 15) is 0 Å². The largest absolute Gasteiger partial charge is 0.326 e. The fourth-order valence-corrected chi connectivity index (χ4v) is 2.03. The zero-order valence-electron chi connectivity index (χ0n) is 8.26. The Hall–Kier alpha value is -0.120. The van der Waals surface area contributed by atoms with E-state index in [1.54, 1.807) is 0 Å². The third-order valence-corrected chi connectivity index (χ3v) is 3.21. The summed E-state index contributed by atoms with van der Waals surface area (Å²) in [5, 5.41) is 6.88. The van der Waals surface area contributed by atoms with E-state index in [1.165, 1.54) is 25.7 Å². The van der Waals surface area contributed by atoms with Gasteiger partial charge in [0, 0.05) is 18.6 Å². The van der Waals surface area contributed by atoms with Crippen LogP contribution in [0.4, 0.5) is 0 Å². The molecule has 0 aromatic heterocycles. The van der Waals surface area contributed by atoms with Crippen LogP contribution in [-0.4, -0.2) is 31.7 Å². The Balaban J connectivity index is 1.64. The lowest BCUT2D eigenvalue weighted by molar-refractivity contribution is 0.310. The first-order valence-corrected chi connectivity index (χ1v) is 5.56. The molecule has 0 spiro atoms. The lowest BCUT2D eigenvalue weighted by Crippen LogP contribution is -2.44. The molecule has 13 heavy (non-hydrogen) atoms. The predicted octanol–water partition coefficient (Wildman–Crippen LogP) is 0.0653. The molecule has 1 atom stereocenters. The van der Waals surface area contributed by atoms with Gasteiger partial charge in [-0.05, 0) is 44.7 Å². The first-order chi connectivity index (χ1) is 6.36. The van der Waals surface area contributed by atoms with Gasteiger partial charge in [-0.3, -0.25) is 0 Å². The molecule has 3 heteroatoms. The topological polar surface area (TPSA) is 50.1 Å². The van der Waals surface area contributed by atoms with E-state index in [0.29, 0.717) is 6.04 Å². The van der Waals surface area contributed by atoms with Crippen molar-refractivity contribution in [1.82, 2.24) is 10.6 Å². The predicted molar refractivity (Wildman–Crippen MR) is 54.6 cm³/mol. The second kappa shape index (κ2) is 4.40. The third-order valence-electron chi connectivity index (χ3n) is 3.21. The van der Waals surface area contributed by atoms with Gasteiger partial charge >= 0.3 is 0 Å². The summed E-state index contributed by atoms with van der Waals surface area (Å²) in [7, 11) is 0. The number of piperidine rings is 1. The highest BCUT2D eigenvalue weighted by atomic mass is 15.0. The minimum atomic E-state index is 0.377. The Kier molecular flexibility index (Phi) is 3.19. The number of rotatable bonds is 4. The van der Waals surface area contributed by atoms with E-state index in [2.05, 4.69) is 10.6 Å². The van der Waals surface area contributed by atoms with E-state index in [4.69, 9.17) is 5.73 Å². The van der Waals surface area contributed by atoms with E-state index in [1.807, 2.05) is 0 Å². The highest BCUT2D eigenvalue weighted by Gasteiger charge is 2.24.